The van der Waals surface area contributed by atoms with Crippen LogP contribution in [0.3, 0.4) is 0 Å². The van der Waals surface area contributed by atoms with E-state index in [1.54, 1.807) is 0 Å². The molecule has 0 amide bonds. The van der Waals surface area contributed by atoms with Crippen LogP contribution in [-0.4, -0.2) is 11.0 Å². The van der Waals surface area contributed by atoms with Crippen LogP contribution >= 0.6 is 15.9 Å². The van der Waals surface area contributed by atoms with Crippen molar-refractivity contribution < 1.29 is 0 Å². The Morgan fingerprint density at radius 2 is 2.05 bits per heavy atom. The molecule has 1 heterocycles. The van der Waals surface area contributed by atoms with Gasteiger partial charge in [-0.25, -0.2) is 0 Å². The summed E-state index contributed by atoms with van der Waals surface area (Å²) in [7, 11) is 0. The Hall–Kier alpha value is -1.19. The average Bonchev–Trinajstić information content (AvgIpc) is 2.43. The predicted octanol–water partition coefficient (Wildman–Crippen LogP) is 4.44. The SMILES string of the molecule is C[C@@H](NC1CC(c2cccc(Br)c2)C1)c1ccccn1. The van der Waals surface area contributed by atoms with Gasteiger partial charge in [-0.2, -0.15) is 0 Å². The van der Waals surface area contributed by atoms with Crippen LogP contribution in [0.2, 0.25) is 0 Å². The van der Waals surface area contributed by atoms with Gasteiger partial charge in [-0.15, -0.1) is 0 Å². The molecule has 1 aliphatic rings. The summed E-state index contributed by atoms with van der Waals surface area (Å²) in [5.74, 6) is 0.695. The number of benzene rings is 1. The van der Waals surface area contributed by atoms with Crippen LogP contribution in [0.15, 0.2) is 53.1 Å². The Balaban J connectivity index is 1.54. The highest BCUT2D eigenvalue weighted by Gasteiger charge is 2.31. The van der Waals surface area contributed by atoms with Gasteiger partial charge < -0.3 is 5.32 Å². The molecule has 1 aliphatic carbocycles. The summed E-state index contributed by atoms with van der Waals surface area (Å²) in [5.41, 5.74) is 2.57. The second-order valence-electron chi connectivity index (χ2n) is 5.56. The molecule has 3 rings (SSSR count). The number of nitrogens with zero attached hydrogens (tertiary/aromatic N) is 1. The Morgan fingerprint density at radius 3 is 2.75 bits per heavy atom. The van der Waals surface area contributed by atoms with Gasteiger partial charge in [-0.05, 0) is 55.5 Å². The van der Waals surface area contributed by atoms with Gasteiger partial charge in [0.05, 0.1) is 5.69 Å². The fourth-order valence-corrected chi connectivity index (χ4v) is 3.27. The van der Waals surface area contributed by atoms with E-state index in [4.69, 9.17) is 0 Å². The van der Waals surface area contributed by atoms with Crippen LogP contribution in [-0.2, 0) is 0 Å². The molecule has 0 spiro atoms. The van der Waals surface area contributed by atoms with Crippen molar-refractivity contribution in [2.24, 2.45) is 0 Å². The largest absolute Gasteiger partial charge is 0.306 e. The zero-order chi connectivity index (χ0) is 13.9. The van der Waals surface area contributed by atoms with Crippen molar-refractivity contribution in [3.63, 3.8) is 0 Å². The number of hydrogen-bond donors (Lipinski definition) is 1. The van der Waals surface area contributed by atoms with E-state index >= 15 is 0 Å². The first-order chi connectivity index (χ1) is 9.72. The Labute approximate surface area is 128 Å². The molecule has 2 nitrogen and oxygen atoms in total. The molecule has 3 heteroatoms. The summed E-state index contributed by atoms with van der Waals surface area (Å²) in [4.78, 5) is 4.41. The number of aromatic nitrogens is 1. The van der Waals surface area contributed by atoms with Crippen molar-refractivity contribution >= 4 is 15.9 Å². The summed E-state index contributed by atoms with van der Waals surface area (Å²) in [6.45, 7) is 2.19. The van der Waals surface area contributed by atoms with Gasteiger partial charge in [0, 0.05) is 22.8 Å². The summed E-state index contributed by atoms with van der Waals surface area (Å²) < 4.78 is 1.17. The van der Waals surface area contributed by atoms with E-state index in [1.807, 2.05) is 18.3 Å². The third kappa shape index (κ3) is 3.10. The minimum Gasteiger partial charge on any atom is -0.306 e. The molecule has 20 heavy (non-hydrogen) atoms. The molecular weight excluding hydrogens is 312 g/mol. The third-order valence-corrected chi connectivity index (χ3v) is 4.57. The molecule has 1 atom stereocenters. The molecule has 0 bridgehead atoms. The Morgan fingerprint density at radius 1 is 1.20 bits per heavy atom. The first-order valence-electron chi connectivity index (χ1n) is 7.15. The zero-order valence-electron chi connectivity index (χ0n) is 11.6. The number of halogens is 1. The highest BCUT2D eigenvalue weighted by Crippen LogP contribution is 2.38. The lowest BCUT2D eigenvalue weighted by molar-refractivity contribution is 0.269. The lowest BCUT2D eigenvalue weighted by Crippen LogP contribution is -2.41. The van der Waals surface area contributed by atoms with Crippen molar-refractivity contribution in [3.8, 4) is 0 Å². The number of pyridine rings is 1. The molecule has 1 saturated carbocycles. The maximum Gasteiger partial charge on any atom is 0.0570 e. The Bertz CT molecular complexity index is 564. The van der Waals surface area contributed by atoms with Crippen LogP contribution in [0.1, 0.15) is 43.0 Å². The van der Waals surface area contributed by atoms with Crippen molar-refractivity contribution in [3.05, 3.63) is 64.4 Å². The molecule has 2 aromatic rings. The van der Waals surface area contributed by atoms with Crippen molar-refractivity contribution in [1.29, 1.82) is 0 Å². The molecular formula is C17H19BrN2. The monoisotopic (exact) mass is 330 g/mol. The van der Waals surface area contributed by atoms with Crippen LogP contribution in [0.25, 0.3) is 0 Å². The maximum atomic E-state index is 4.41. The van der Waals surface area contributed by atoms with Crippen molar-refractivity contribution in [2.75, 3.05) is 0 Å². The van der Waals surface area contributed by atoms with E-state index in [0.717, 1.165) is 5.69 Å². The lowest BCUT2D eigenvalue weighted by atomic mass is 9.75. The van der Waals surface area contributed by atoms with Crippen LogP contribution < -0.4 is 5.32 Å². The number of nitrogens with one attached hydrogen (secondary N) is 1. The zero-order valence-corrected chi connectivity index (χ0v) is 13.2. The highest BCUT2D eigenvalue weighted by atomic mass is 79.9. The fraction of sp³-hybridized carbons (Fsp3) is 0.353. The molecule has 0 aliphatic heterocycles. The molecule has 0 saturated heterocycles. The summed E-state index contributed by atoms with van der Waals surface area (Å²) in [6.07, 6.45) is 4.29. The number of rotatable bonds is 4. The second-order valence-corrected chi connectivity index (χ2v) is 6.48. The number of hydrogen-bond acceptors (Lipinski definition) is 2. The average molecular weight is 331 g/mol. The van der Waals surface area contributed by atoms with E-state index in [0.29, 0.717) is 18.0 Å². The van der Waals surface area contributed by atoms with Crippen molar-refractivity contribution in [1.82, 2.24) is 10.3 Å². The van der Waals surface area contributed by atoms with E-state index in [-0.39, 0.29) is 0 Å². The van der Waals surface area contributed by atoms with E-state index in [9.17, 15) is 0 Å². The quantitative estimate of drug-likeness (QED) is 0.896. The first kappa shape index (κ1) is 13.8. The van der Waals surface area contributed by atoms with Gasteiger partial charge in [0.25, 0.3) is 0 Å². The van der Waals surface area contributed by atoms with Crippen LogP contribution in [0, 0.1) is 0 Å². The van der Waals surface area contributed by atoms with Gasteiger partial charge in [-0.3, -0.25) is 4.98 Å². The van der Waals surface area contributed by atoms with E-state index < -0.39 is 0 Å². The van der Waals surface area contributed by atoms with Gasteiger partial charge in [0.2, 0.25) is 0 Å². The van der Waals surface area contributed by atoms with E-state index in [1.165, 1.54) is 22.9 Å². The second kappa shape index (κ2) is 6.06. The third-order valence-electron chi connectivity index (χ3n) is 4.08. The summed E-state index contributed by atoms with van der Waals surface area (Å²) >= 11 is 3.55. The van der Waals surface area contributed by atoms with Crippen LogP contribution in [0.5, 0.6) is 0 Å². The fourth-order valence-electron chi connectivity index (χ4n) is 2.86. The van der Waals surface area contributed by atoms with E-state index in [2.05, 4.69) is 63.5 Å². The Kier molecular flexibility index (Phi) is 4.18. The van der Waals surface area contributed by atoms with Gasteiger partial charge in [0.1, 0.15) is 0 Å². The normalized spacial score (nSPS) is 23.1. The van der Waals surface area contributed by atoms with Gasteiger partial charge in [-0.1, -0.05) is 34.1 Å². The van der Waals surface area contributed by atoms with Gasteiger partial charge in [0.15, 0.2) is 0 Å². The lowest BCUT2D eigenvalue weighted by Gasteiger charge is -2.38. The van der Waals surface area contributed by atoms with Gasteiger partial charge >= 0.3 is 0 Å². The molecule has 0 unspecified atom stereocenters. The first-order valence-corrected chi connectivity index (χ1v) is 7.94. The summed E-state index contributed by atoms with van der Waals surface area (Å²) in [5, 5.41) is 3.67. The molecule has 1 aromatic carbocycles. The van der Waals surface area contributed by atoms with Crippen LogP contribution in [0.4, 0.5) is 0 Å². The van der Waals surface area contributed by atoms with Crippen molar-refractivity contribution in [2.45, 2.75) is 37.8 Å². The summed E-state index contributed by atoms with van der Waals surface area (Å²) in [6, 6.07) is 15.7. The molecule has 1 aromatic heterocycles. The molecule has 1 fully saturated rings. The minimum atomic E-state index is 0.324. The predicted molar refractivity (Wildman–Crippen MR) is 85.7 cm³/mol. The molecule has 104 valence electrons. The highest BCUT2D eigenvalue weighted by molar-refractivity contribution is 9.10. The maximum absolute atomic E-state index is 4.41. The smallest absolute Gasteiger partial charge is 0.0570 e. The topological polar surface area (TPSA) is 24.9 Å². The minimum absolute atomic E-state index is 0.324. The molecule has 1 N–H and O–H groups in total. The standard InChI is InChI=1S/C17H19BrN2/c1-12(17-7-2-3-8-19-17)20-16-10-14(11-16)13-5-4-6-15(18)9-13/h2-9,12,14,16,20H,10-11H2,1H3/t12-,14?,16?/m1/s1. The molecule has 0 radical (unpaired) electrons.